The molecule has 4 atom stereocenters. The molecular formula is C20H21N3O5. The molecule has 1 aliphatic rings. The van der Waals surface area contributed by atoms with Crippen molar-refractivity contribution in [3.05, 3.63) is 82.2 Å². The second-order valence-corrected chi connectivity index (χ2v) is 6.38. The molecule has 2 aromatic carbocycles. The highest BCUT2D eigenvalue weighted by Crippen LogP contribution is 2.25. The summed E-state index contributed by atoms with van der Waals surface area (Å²) in [5.41, 5.74) is 10.7. The van der Waals surface area contributed by atoms with Gasteiger partial charge in [0.1, 0.15) is 18.2 Å². The van der Waals surface area contributed by atoms with Gasteiger partial charge in [-0.05, 0) is 16.7 Å². The molecule has 3 rings (SSSR count). The van der Waals surface area contributed by atoms with Crippen molar-refractivity contribution in [1.82, 2.24) is 0 Å². The topological polar surface area (TPSA) is 114 Å². The van der Waals surface area contributed by atoms with E-state index in [9.17, 15) is 9.90 Å². The van der Waals surface area contributed by atoms with Gasteiger partial charge in [0.2, 0.25) is 0 Å². The fourth-order valence-electron chi connectivity index (χ4n) is 2.97. The summed E-state index contributed by atoms with van der Waals surface area (Å²) in [7, 11) is 0. The van der Waals surface area contributed by atoms with Gasteiger partial charge in [-0.3, -0.25) is 0 Å². The Morgan fingerprint density at radius 1 is 1.07 bits per heavy atom. The number of ether oxygens (including phenoxy) is 3. The van der Waals surface area contributed by atoms with Crippen molar-refractivity contribution < 1.29 is 24.1 Å². The molecule has 1 N–H and O–H groups in total. The molecule has 0 spiro atoms. The van der Waals surface area contributed by atoms with Gasteiger partial charge in [0, 0.05) is 4.91 Å². The Bertz CT molecular complexity index is 811. The molecule has 0 radical (unpaired) electrons. The van der Waals surface area contributed by atoms with Crippen molar-refractivity contribution in [2.24, 2.45) is 5.11 Å². The normalized spacial score (nSPS) is 22.3. The first-order chi connectivity index (χ1) is 13.7. The molecule has 0 amide bonds. The molecule has 1 fully saturated rings. The molecule has 1 aliphatic heterocycles. The van der Waals surface area contributed by atoms with Gasteiger partial charge in [0.25, 0.3) is 0 Å². The van der Waals surface area contributed by atoms with Gasteiger partial charge in [-0.25, -0.2) is 4.79 Å². The summed E-state index contributed by atoms with van der Waals surface area (Å²) in [5, 5.41) is 13.8. The fourth-order valence-corrected chi connectivity index (χ4v) is 2.97. The Balaban J connectivity index is 1.64. The molecular weight excluding hydrogens is 362 g/mol. The minimum absolute atomic E-state index is 0.0226. The molecule has 8 nitrogen and oxygen atoms in total. The van der Waals surface area contributed by atoms with Gasteiger partial charge in [0.15, 0.2) is 6.10 Å². The lowest BCUT2D eigenvalue weighted by Crippen LogP contribution is -2.41. The molecule has 0 saturated carbocycles. The van der Waals surface area contributed by atoms with Crippen molar-refractivity contribution in [2.45, 2.75) is 37.6 Å². The standard InChI is InChI=1S/C20H21N3O5/c21-23-22-16(13-26-11-14-7-3-1-4-8-14)18-19(17(24)20(25)28-18)27-12-15-9-5-2-6-10-15/h1-10,16-19,24H,11-13H2/t16-,17-,18+,19+/m0/s1. The maximum absolute atomic E-state index is 11.9. The van der Waals surface area contributed by atoms with E-state index >= 15 is 0 Å². The van der Waals surface area contributed by atoms with Crippen LogP contribution in [0.3, 0.4) is 0 Å². The number of hydrogen-bond donors (Lipinski definition) is 1. The average molecular weight is 383 g/mol. The minimum Gasteiger partial charge on any atom is -0.457 e. The smallest absolute Gasteiger partial charge is 0.338 e. The van der Waals surface area contributed by atoms with E-state index in [-0.39, 0.29) is 13.2 Å². The number of hydrogen-bond acceptors (Lipinski definition) is 6. The van der Waals surface area contributed by atoms with E-state index < -0.39 is 30.3 Å². The van der Waals surface area contributed by atoms with Crippen molar-refractivity contribution in [3.63, 3.8) is 0 Å². The molecule has 8 heteroatoms. The van der Waals surface area contributed by atoms with E-state index in [0.717, 1.165) is 11.1 Å². The van der Waals surface area contributed by atoms with Crippen LogP contribution in [-0.2, 0) is 32.2 Å². The second kappa shape index (κ2) is 9.87. The van der Waals surface area contributed by atoms with Gasteiger partial charge in [-0.15, -0.1) is 0 Å². The zero-order valence-electron chi connectivity index (χ0n) is 15.1. The van der Waals surface area contributed by atoms with Gasteiger partial charge in [-0.2, -0.15) is 0 Å². The average Bonchev–Trinajstić information content (AvgIpc) is 3.01. The van der Waals surface area contributed by atoms with E-state index in [0.29, 0.717) is 6.61 Å². The summed E-state index contributed by atoms with van der Waals surface area (Å²) in [4.78, 5) is 14.7. The summed E-state index contributed by atoms with van der Waals surface area (Å²) in [6.45, 7) is 0.523. The first-order valence-corrected chi connectivity index (χ1v) is 8.89. The number of aliphatic hydroxyl groups is 1. The molecule has 0 unspecified atom stereocenters. The van der Waals surface area contributed by atoms with Crippen LogP contribution in [0.1, 0.15) is 11.1 Å². The molecule has 146 valence electrons. The number of cyclic esters (lactones) is 1. The Labute approximate surface area is 162 Å². The fraction of sp³-hybridized carbons (Fsp3) is 0.350. The lowest BCUT2D eigenvalue weighted by Gasteiger charge is -2.24. The highest BCUT2D eigenvalue weighted by molar-refractivity contribution is 5.78. The lowest BCUT2D eigenvalue weighted by atomic mass is 10.0. The summed E-state index contributed by atoms with van der Waals surface area (Å²) >= 11 is 0. The number of azide groups is 1. The van der Waals surface area contributed by atoms with Crippen molar-refractivity contribution in [3.8, 4) is 0 Å². The Kier molecular flexibility index (Phi) is 7.00. The van der Waals surface area contributed by atoms with Gasteiger partial charge < -0.3 is 19.3 Å². The Hall–Kier alpha value is -2.90. The van der Waals surface area contributed by atoms with Crippen LogP contribution < -0.4 is 0 Å². The van der Waals surface area contributed by atoms with Crippen molar-refractivity contribution in [2.75, 3.05) is 6.61 Å². The monoisotopic (exact) mass is 383 g/mol. The van der Waals surface area contributed by atoms with Crippen molar-refractivity contribution in [1.29, 1.82) is 0 Å². The van der Waals surface area contributed by atoms with E-state index in [2.05, 4.69) is 10.0 Å². The number of aliphatic hydroxyl groups excluding tert-OH is 1. The zero-order chi connectivity index (χ0) is 19.8. The number of esters is 1. The molecule has 28 heavy (non-hydrogen) atoms. The molecule has 0 aromatic heterocycles. The summed E-state index contributed by atoms with van der Waals surface area (Å²) in [6, 6.07) is 18.0. The SMILES string of the molecule is [N-]=[N+]=N[C@@H](COCc1ccccc1)[C@H]1OC(=O)[C@@H](O)[C@H]1OCc1ccccc1. The highest BCUT2D eigenvalue weighted by atomic mass is 16.6. The number of benzene rings is 2. The number of nitrogens with zero attached hydrogens (tertiary/aromatic N) is 3. The van der Waals surface area contributed by atoms with E-state index in [1.807, 2.05) is 60.7 Å². The van der Waals surface area contributed by atoms with Crippen molar-refractivity contribution >= 4 is 5.97 Å². The van der Waals surface area contributed by atoms with Crippen LogP contribution in [0.2, 0.25) is 0 Å². The molecule has 2 aromatic rings. The molecule has 0 aliphatic carbocycles. The first kappa shape index (κ1) is 19.9. The maximum Gasteiger partial charge on any atom is 0.338 e. The maximum atomic E-state index is 11.9. The number of carbonyl (C=O) groups excluding carboxylic acids is 1. The Morgan fingerprint density at radius 3 is 2.29 bits per heavy atom. The number of rotatable bonds is 9. The third-order valence-corrected chi connectivity index (χ3v) is 4.39. The number of carbonyl (C=O) groups is 1. The van der Waals surface area contributed by atoms with Gasteiger partial charge >= 0.3 is 5.97 Å². The second-order valence-electron chi connectivity index (χ2n) is 6.38. The van der Waals surface area contributed by atoms with Crippen LogP contribution in [0.4, 0.5) is 0 Å². The summed E-state index contributed by atoms with van der Waals surface area (Å²) in [6.07, 6.45) is -3.33. The summed E-state index contributed by atoms with van der Waals surface area (Å²) < 4.78 is 16.6. The third-order valence-electron chi connectivity index (χ3n) is 4.39. The largest absolute Gasteiger partial charge is 0.457 e. The van der Waals surface area contributed by atoms with E-state index in [1.165, 1.54) is 0 Å². The quantitative estimate of drug-likeness (QED) is 0.309. The van der Waals surface area contributed by atoms with E-state index in [1.54, 1.807) is 0 Å². The Morgan fingerprint density at radius 2 is 1.68 bits per heavy atom. The molecule has 0 bridgehead atoms. The van der Waals surface area contributed by atoms with Gasteiger partial charge in [-0.1, -0.05) is 65.8 Å². The molecule has 1 heterocycles. The van der Waals surface area contributed by atoms with Crippen LogP contribution in [0, 0.1) is 0 Å². The van der Waals surface area contributed by atoms with Crippen LogP contribution >= 0.6 is 0 Å². The van der Waals surface area contributed by atoms with Crippen LogP contribution in [0.15, 0.2) is 65.8 Å². The van der Waals surface area contributed by atoms with Crippen LogP contribution in [0.5, 0.6) is 0 Å². The van der Waals surface area contributed by atoms with Gasteiger partial charge in [0.05, 0.1) is 19.8 Å². The third kappa shape index (κ3) is 5.09. The predicted octanol–water partition coefficient (Wildman–Crippen LogP) is 2.75. The first-order valence-electron chi connectivity index (χ1n) is 8.89. The highest BCUT2D eigenvalue weighted by Gasteiger charge is 2.48. The van der Waals surface area contributed by atoms with Crippen LogP contribution in [0.25, 0.3) is 10.4 Å². The molecule has 1 saturated heterocycles. The van der Waals surface area contributed by atoms with E-state index in [4.69, 9.17) is 19.7 Å². The zero-order valence-corrected chi connectivity index (χ0v) is 15.1. The van der Waals surface area contributed by atoms with Crippen LogP contribution in [-0.4, -0.2) is 42.0 Å². The predicted molar refractivity (Wildman–Crippen MR) is 99.9 cm³/mol. The summed E-state index contributed by atoms with van der Waals surface area (Å²) in [5.74, 6) is -0.802. The lowest BCUT2D eigenvalue weighted by molar-refractivity contribution is -0.148. The minimum atomic E-state index is -1.45.